The summed E-state index contributed by atoms with van der Waals surface area (Å²) in [5, 5.41) is 30.6. The van der Waals surface area contributed by atoms with Gasteiger partial charge in [-0.25, -0.2) is 0 Å². The van der Waals surface area contributed by atoms with Crippen LogP contribution in [0.4, 0.5) is 0 Å². The van der Waals surface area contributed by atoms with Gasteiger partial charge in [0.2, 0.25) is 0 Å². The molecule has 0 saturated heterocycles. The van der Waals surface area contributed by atoms with Crippen LogP contribution < -0.4 is 0 Å². The first kappa shape index (κ1) is 34.5. The molecule has 0 heterocycles. The lowest BCUT2D eigenvalue weighted by atomic mass is 9.44. The summed E-state index contributed by atoms with van der Waals surface area (Å²) in [6, 6.07) is 0.771. The Morgan fingerprint density at radius 1 is 1.07 bits per heavy atom. The summed E-state index contributed by atoms with van der Waals surface area (Å²) in [4.78, 5) is 25.7. The summed E-state index contributed by atoms with van der Waals surface area (Å²) in [7, 11) is 2.46. The van der Waals surface area contributed by atoms with E-state index in [2.05, 4.69) is 13.5 Å². The Balaban J connectivity index is 0.000000266. The Morgan fingerprint density at radius 2 is 1.73 bits per heavy atom. The van der Waals surface area contributed by atoms with Crippen molar-refractivity contribution in [3.63, 3.8) is 0 Å². The molecule has 10 heteroatoms. The van der Waals surface area contributed by atoms with Gasteiger partial charge in [-0.05, 0) is 81.5 Å². The van der Waals surface area contributed by atoms with Crippen LogP contribution in [0, 0.1) is 34.5 Å². The standard InChI is InChI=1S/C21H32O5.C10H22O4Si/c1-19-7-5-13(23)9-12(19)3-4-14-15-6-8-21(26,17(25)11-22)20(15,2)10-16(24)18(14)19;1-10(2)9-14-7-6-8-15(11-3,12-4)13-5/h12-15,18,22-23,26H,3-11H2,1-2H3;1,6-9H2,2-5H3/t12-,13-,14+,15+,18-,19+,20+,21+;/m1./s1. The minimum atomic E-state index is -2.40. The number of rotatable bonds is 11. The molecule has 0 spiro atoms. The van der Waals surface area contributed by atoms with Crippen LogP contribution in [0.5, 0.6) is 0 Å². The highest BCUT2D eigenvalue weighted by Gasteiger charge is 2.68. The number of aliphatic hydroxyl groups is 3. The second-order valence-corrected chi connectivity index (χ2v) is 16.5. The second-order valence-electron chi connectivity index (χ2n) is 13.4. The van der Waals surface area contributed by atoms with Crippen LogP contribution >= 0.6 is 0 Å². The zero-order valence-corrected chi connectivity index (χ0v) is 27.1. The van der Waals surface area contributed by atoms with Crippen LogP contribution in [-0.4, -0.2) is 88.5 Å². The van der Waals surface area contributed by atoms with Gasteiger partial charge in [-0.2, -0.15) is 0 Å². The van der Waals surface area contributed by atoms with Crippen LogP contribution in [0.2, 0.25) is 6.04 Å². The van der Waals surface area contributed by atoms with Gasteiger partial charge >= 0.3 is 8.80 Å². The van der Waals surface area contributed by atoms with E-state index in [1.165, 1.54) is 0 Å². The Morgan fingerprint density at radius 3 is 2.32 bits per heavy atom. The van der Waals surface area contributed by atoms with Crippen LogP contribution in [-0.2, 0) is 27.6 Å². The monoisotopic (exact) mass is 598 g/mol. The van der Waals surface area contributed by atoms with E-state index in [1.807, 2.05) is 13.8 Å². The molecular formula is C31H54O9Si. The Kier molecular flexibility index (Phi) is 11.6. The Hall–Kier alpha value is -0.983. The van der Waals surface area contributed by atoms with Gasteiger partial charge in [0.15, 0.2) is 5.78 Å². The molecule has 0 amide bonds. The van der Waals surface area contributed by atoms with Crippen molar-refractivity contribution in [2.75, 3.05) is 41.2 Å². The average molecular weight is 599 g/mol. The largest absolute Gasteiger partial charge is 0.500 e. The zero-order chi connectivity index (χ0) is 30.6. The first-order valence-electron chi connectivity index (χ1n) is 15.2. The molecule has 8 atom stereocenters. The number of hydrogen-bond acceptors (Lipinski definition) is 9. The number of fused-ring (bicyclic) bond motifs is 5. The fourth-order valence-electron chi connectivity index (χ4n) is 8.84. The predicted octanol–water partition coefficient (Wildman–Crippen LogP) is 3.71. The topological polar surface area (TPSA) is 132 Å². The SMILES string of the molecule is C=C(C)COCCC[Si](OC)(OC)OC.C[C@]12CC[C@@H](O)C[C@H]1CC[C@@H]1[C@@H]2C(=O)C[C@@]2(C)[C@H]1CC[C@]2(O)C(=O)CO. The third-order valence-electron chi connectivity index (χ3n) is 11.1. The third kappa shape index (κ3) is 6.60. The molecule has 0 radical (unpaired) electrons. The molecule has 0 aromatic rings. The van der Waals surface area contributed by atoms with Crippen LogP contribution in [0.1, 0.15) is 78.6 Å². The maximum atomic E-state index is 13.4. The second kappa shape index (κ2) is 13.8. The van der Waals surface area contributed by atoms with E-state index in [0.29, 0.717) is 25.6 Å². The Bertz CT molecular complexity index is 930. The summed E-state index contributed by atoms with van der Waals surface area (Å²) >= 11 is 0. The smallest absolute Gasteiger partial charge is 0.393 e. The van der Waals surface area contributed by atoms with Crippen molar-refractivity contribution in [2.45, 2.75) is 96.3 Å². The number of carbonyl (C=O) groups excluding carboxylic acids is 2. The van der Waals surface area contributed by atoms with Gasteiger partial charge in [-0.3, -0.25) is 9.59 Å². The number of ketones is 2. The maximum Gasteiger partial charge on any atom is 0.500 e. The zero-order valence-electron chi connectivity index (χ0n) is 26.1. The Labute approximate surface area is 247 Å². The third-order valence-corrected chi connectivity index (χ3v) is 14.0. The van der Waals surface area contributed by atoms with Gasteiger partial charge in [0.1, 0.15) is 18.0 Å². The van der Waals surface area contributed by atoms with Gasteiger partial charge in [-0.1, -0.05) is 26.0 Å². The fourth-order valence-corrected chi connectivity index (χ4v) is 10.5. The minimum absolute atomic E-state index is 0.0154. The lowest BCUT2D eigenvalue weighted by molar-refractivity contribution is -0.180. The normalized spacial score (nSPS) is 38.3. The summed E-state index contributed by atoms with van der Waals surface area (Å²) in [6.07, 6.45) is 6.34. The van der Waals surface area contributed by atoms with Crippen molar-refractivity contribution in [3.05, 3.63) is 12.2 Å². The fraction of sp³-hybridized carbons (Fsp3) is 0.871. The predicted molar refractivity (Wildman–Crippen MR) is 157 cm³/mol. The number of Topliss-reactive ketones (excluding diaryl/α,β-unsaturated/α-hetero) is 2. The molecule has 4 fully saturated rings. The molecule has 9 nitrogen and oxygen atoms in total. The molecule has 4 aliphatic rings. The molecule has 0 unspecified atom stereocenters. The molecule has 0 aromatic heterocycles. The van der Waals surface area contributed by atoms with Gasteiger partial charge in [-0.15, -0.1) is 0 Å². The molecule has 4 aliphatic carbocycles. The highest BCUT2D eigenvalue weighted by Crippen LogP contribution is 2.67. The first-order chi connectivity index (χ1) is 19.3. The summed E-state index contributed by atoms with van der Waals surface area (Å²) < 4.78 is 21.2. The van der Waals surface area contributed by atoms with Crippen molar-refractivity contribution < 1.29 is 42.9 Å². The maximum absolute atomic E-state index is 13.4. The van der Waals surface area contributed by atoms with E-state index in [-0.39, 0.29) is 41.5 Å². The molecule has 41 heavy (non-hydrogen) atoms. The lowest BCUT2D eigenvalue weighted by Gasteiger charge is -2.60. The van der Waals surface area contributed by atoms with E-state index in [1.54, 1.807) is 21.3 Å². The highest BCUT2D eigenvalue weighted by molar-refractivity contribution is 6.60. The summed E-state index contributed by atoms with van der Waals surface area (Å²) in [5.74, 6) is 0.380. The number of carbonyl (C=O) groups is 2. The van der Waals surface area contributed by atoms with Gasteiger partial charge in [0, 0.05) is 51.7 Å². The molecule has 4 rings (SSSR count). The van der Waals surface area contributed by atoms with Gasteiger partial charge in [0.05, 0.1) is 12.7 Å². The number of ether oxygens (including phenoxy) is 1. The van der Waals surface area contributed by atoms with E-state index in [9.17, 15) is 24.9 Å². The van der Waals surface area contributed by atoms with Crippen LogP contribution in [0.3, 0.4) is 0 Å². The molecule has 0 aliphatic heterocycles. The average Bonchev–Trinajstić information content (AvgIpc) is 3.21. The summed E-state index contributed by atoms with van der Waals surface area (Å²) in [6.45, 7) is 10.5. The molecule has 4 saturated carbocycles. The van der Waals surface area contributed by atoms with Crippen molar-refractivity contribution >= 4 is 20.4 Å². The van der Waals surface area contributed by atoms with Gasteiger partial charge in [0.25, 0.3) is 0 Å². The molecule has 3 N–H and O–H groups in total. The van der Waals surface area contributed by atoms with Crippen molar-refractivity contribution in [2.24, 2.45) is 34.5 Å². The quantitative estimate of drug-likeness (QED) is 0.185. The lowest BCUT2D eigenvalue weighted by Crippen LogP contribution is -2.62. The first-order valence-corrected chi connectivity index (χ1v) is 17.2. The molecule has 0 aromatic carbocycles. The van der Waals surface area contributed by atoms with Crippen LogP contribution in [0.15, 0.2) is 12.2 Å². The number of hydrogen-bond donors (Lipinski definition) is 3. The van der Waals surface area contributed by atoms with Crippen molar-refractivity contribution in [1.29, 1.82) is 0 Å². The molecular weight excluding hydrogens is 544 g/mol. The van der Waals surface area contributed by atoms with E-state index in [0.717, 1.165) is 56.6 Å². The summed E-state index contributed by atoms with van der Waals surface area (Å²) in [5.41, 5.74) is -1.37. The van der Waals surface area contributed by atoms with Gasteiger partial charge < -0.3 is 33.3 Å². The number of aliphatic hydroxyl groups excluding tert-OH is 2. The molecule has 0 bridgehead atoms. The van der Waals surface area contributed by atoms with E-state index in [4.69, 9.17) is 18.0 Å². The highest BCUT2D eigenvalue weighted by atomic mass is 28.4. The van der Waals surface area contributed by atoms with Crippen LogP contribution in [0.25, 0.3) is 0 Å². The van der Waals surface area contributed by atoms with Crippen molar-refractivity contribution in [1.82, 2.24) is 0 Å². The van der Waals surface area contributed by atoms with Crippen molar-refractivity contribution in [3.8, 4) is 0 Å². The van der Waals surface area contributed by atoms with E-state index >= 15 is 0 Å². The minimum Gasteiger partial charge on any atom is -0.393 e. The molecule has 236 valence electrons. The van der Waals surface area contributed by atoms with E-state index < -0.39 is 32.2 Å².